The summed E-state index contributed by atoms with van der Waals surface area (Å²) in [6.45, 7) is 2.93. The zero-order chi connectivity index (χ0) is 12.1. The third-order valence-corrected chi connectivity index (χ3v) is 4.03. The van der Waals surface area contributed by atoms with Crippen LogP contribution in [-0.4, -0.2) is 29.0 Å². The van der Waals surface area contributed by atoms with Crippen molar-refractivity contribution in [2.45, 2.75) is 25.9 Å². The van der Waals surface area contributed by atoms with E-state index in [4.69, 9.17) is 10.9 Å². The minimum atomic E-state index is 0.247. The average Bonchev–Trinajstić information content (AvgIpc) is 2.63. The number of nitrogens with two attached hydrogens (primary N) is 1. The minimum Gasteiger partial charge on any atom is -0.409 e. The molecule has 0 aliphatic heterocycles. The van der Waals surface area contributed by atoms with E-state index < -0.39 is 0 Å². The molecule has 0 bridgehead atoms. The molecule has 6 heteroatoms. The second kappa shape index (κ2) is 6.22. The Balaban J connectivity index is 2.48. The summed E-state index contributed by atoms with van der Waals surface area (Å²) >= 11 is 5.16. The first-order chi connectivity index (χ1) is 7.52. The highest BCUT2D eigenvalue weighted by molar-refractivity contribution is 9.11. The molecular weight excluding hydrogens is 290 g/mol. The lowest BCUT2D eigenvalue weighted by molar-refractivity contribution is 0.253. The molecule has 1 unspecified atom stereocenters. The molecule has 1 aromatic heterocycles. The lowest BCUT2D eigenvalue weighted by Gasteiger charge is -2.23. The smallest absolute Gasteiger partial charge is 0.140 e. The lowest BCUT2D eigenvalue weighted by atomic mass is 10.2. The molecule has 1 aromatic rings. The van der Waals surface area contributed by atoms with E-state index in [1.165, 1.54) is 4.88 Å². The molecule has 1 heterocycles. The Morgan fingerprint density at radius 2 is 2.38 bits per heavy atom. The third kappa shape index (κ3) is 4.11. The van der Waals surface area contributed by atoms with Crippen LogP contribution < -0.4 is 5.73 Å². The third-order valence-electron chi connectivity index (χ3n) is 2.42. The summed E-state index contributed by atoms with van der Waals surface area (Å²) in [7, 11) is 2.03. The van der Waals surface area contributed by atoms with Crippen LogP contribution in [0.15, 0.2) is 21.1 Å². The summed E-state index contributed by atoms with van der Waals surface area (Å²) in [5.74, 6) is 0.270. The molecule has 0 radical (unpaired) electrons. The van der Waals surface area contributed by atoms with Gasteiger partial charge in [0.05, 0.1) is 3.79 Å². The van der Waals surface area contributed by atoms with E-state index in [1.54, 1.807) is 11.3 Å². The molecule has 1 atom stereocenters. The van der Waals surface area contributed by atoms with Gasteiger partial charge in [-0.05, 0) is 42.0 Å². The largest absolute Gasteiger partial charge is 0.409 e. The molecule has 0 fully saturated rings. The van der Waals surface area contributed by atoms with Gasteiger partial charge in [-0.25, -0.2) is 0 Å². The molecule has 4 nitrogen and oxygen atoms in total. The fraction of sp³-hybridized carbons (Fsp3) is 0.500. The number of thiophene rings is 1. The van der Waals surface area contributed by atoms with Gasteiger partial charge >= 0.3 is 0 Å². The zero-order valence-corrected chi connectivity index (χ0v) is 11.8. The van der Waals surface area contributed by atoms with Gasteiger partial charge in [-0.2, -0.15) is 0 Å². The first-order valence-corrected chi connectivity index (χ1v) is 6.54. The number of amidine groups is 1. The first-order valence-electron chi connectivity index (χ1n) is 4.93. The van der Waals surface area contributed by atoms with Crippen LogP contribution in [0.25, 0.3) is 0 Å². The molecule has 0 spiro atoms. The normalized spacial score (nSPS) is 14.4. The van der Waals surface area contributed by atoms with Gasteiger partial charge in [0, 0.05) is 23.9 Å². The van der Waals surface area contributed by atoms with E-state index in [2.05, 4.69) is 39.0 Å². The van der Waals surface area contributed by atoms with Gasteiger partial charge in [0.25, 0.3) is 0 Å². The van der Waals surface area contributed by atoms with Gasteiger partial charge in [-0.15, -0.1) is 11.3 Å². The number of rotatable bonds is 5. The Labute approximate surface area is 108 Å². The van der Waals surface area contributed by atoms with Crippen molar-refractivity contribution < 1.29 is 5.21 Å². The van der Waals surface area contributed by atoms with Crippen LogP contribution in [0.5, 0.6) is 0 Å². The maximum Gasteiger partial charge on any atom is 0.140 e. The van der Waals surface area contributed by atoms with Gasteiger partial charge < -0.3 is 10.9 Å². The molecule has 0 saturated heterocycles. The number of oxime groups is 1. The maximum absolute atomic E-state index is 8.50. The Kier molecular flexibility index (Phi) is 5.24. The second-order valence-corrected chi connectivity index (χ2v) is 6.31. The molecule has 16 heavy (non-hydrogen) atoms. The summed E-state index contributed by atoms with van der Waals surface area (Å²) in [6, 6.07) is 4.39. The highest BCUT2D eigenvalue weighted by Crippen LogP contribution is 2.23. The number of hydrogen-bond acceptors (Lipinski definition) is 4. The van der Waals surface area contributed by atoms with Crippen molar-refractivity contribution in [3.05, 3.63) is 20.8 Å². The van der Waals surface area contributed by atoms with Gasteiger partial charge in [-0.3, -0.25) is 4.90 Å². The van der Waals surface area contributed by atoms with Crippen LogP contribution in [0.3, 0.4) is 0 Å². The summed E-state index contributed by atoms with van der Waals surface area (Å²) in [5.41, 5.74) is 5.48. The van der Waals surface area contributed by atoms with Crippen molar-refractivity contribution in [2.24, 2.45) is 10.9 Å². The fourth-order valence-electron chi connectivity index (χ4n) is 1.34. The quantitative estimate of drug-likeness (QED) is 0.380. The summed E-state index contributed by atoms with van der Waals surface area (Å²) in [4.78, 5) is 3.47. The van der Waals surface area contributed by atoms with Gasteiger partial charge in [0.2, 0.25) is 0 Å². The van der Waals surface area contributed by atoms with Crippen LogP contribution in [0.4, 0.5) is 0 Å². The van der Waals surface area contributed by atoms with E-state index in [0.29, 0.717) is 6.42 Å². The van der Waals surface area contributed by atoms with Crippen molar-refractivity contribution in [1.82, 2.24) is 4.90 Å². The summed E-state index contributed by atoms with van der Waals surface area (Å²) in [5, 5.41) is 11.5. The van der Waals surface area contributed by atoms with Crippen molar-refractivity contribution in [2.75, 3.05) is 7.05 Å². The van der Waals surface area contributed by atoms with E-state index >= 15 is 0 Å². The molecule has 0 aliphatic rings. The summed E-state index contributed by atoms with van der Waals surface area (Å²) in [6.07, 6.45) is 0.569. The number of nitrogens with zero attached hydrogens (tertiary/aromatic N) is 2. The molecule has 0 aromatic carbocycles. The molecule has 0 aliphatic carbocycles. The average molecular weight is 306 g/mol. The predicted octanol–water partition coefficient (Wildman–Crippen LogP) is 2.47. The van der Waals surface area contributed by atoms with Crippen molar-refractivity contribution in [3.8, 4) is 0 Å². The Bertz CT molecular complexity index is 367. The van der Waals surface area contributed by atoms with Crippen molar-refractivity contribution in [3.63, 3.8) is 0 Å². The van der Waals surface area contributed by atoms with Crippen LogP contribution in [0, 0.1) is 0 Å². The predicted molar refractivity (Wildman–Crippen MR) is 71.0 cm³/mol. The van der Waals surface area contributed by atoms with Gasteiger partial charge in [-0.1, -0.05) is 5.16 Å². The monoisotopic (exact) mass is 305 g/mol. The van der Waals surface area contributed by atoms with Crippen molar-refractivity contribution in [1.29, 1.82) is 0 Å². The van der Waals surface area contributed by atoms with Gasteiger partial charge in [0.1, 0.15) is 5.84 Å². The maximum atomic E-state index is 8.50. The van der Waals surface area contributed by atoms with Gasteiger partial charge in [0.15, 0.2) is 0 Å². The fourth-order valence-corrected chi connectivity index (χ4v) is 2.88. The standard InChI is InChI=1S/C10H16BrN3OS/c1-7(5-10(12)13-15)14(2)6-8-3-4-9(11)16-8/h3-4,7,15H,5-6H2,1-2H3,(H2,12,13). The highest BCUT2D eigenvalue weighted by atomic mass is 79.9. The Morgan fingerprint density at radius 1 is 1.69 bits per heavy atom. The van der Waals surface area contributed by atoms with Crippen LogP contribution in [-0.2, 0) is 6.54 Å². The molecule has 3 N–H and O–H groups in total. The van der Waals surface area contributed by atoms with Crippen LogP contribution in [0.1, 0.15) is 18.2 Å². The molecule has 0 amide bonds. The first kappa shape index (κ1) is 13.5. The zero-order valence-electron chi connectivity index (χ0n) is 9.35. The van der Waals surface area contributed by atoms with Crippen LogP contribution >= 0.6 is 27.3 Å². The second-order valence-electron chi connectivity index (χ2n) is 3.77. The lowest BCUT2D eigenvalue weighted by Crippen LogP contribution is -2.32. The van der Waals surface area contributed by atoms with E-state index in [-0.39, 0.29) is 11.9 Å². The number of halogens is 1. The summed E-state index contributed by atoms with van der Waals surface area (Å²) < 4.78 is 1.14. The SMILES string of the molecule is CC(CC(N)=NO)N(C)Cc1ccc(Br)s1. The highest BCUT2D eigenvalue weighted by Gasteiger charge is 2.12. The molecule has 0 saturated carbocycles. The molecular formula is C10H16BrN3OS. The van der Waals surface area contributed by atoms with Crippen molar-refractivity contribution >= 4 is 33.1 Å². The van der Waals surface area contributed by atoms with Crippen LogP contribution in [0.2, 0.25) is 0 Å². The topological polar surface area (TPSA) is 61.9 Å². The Morgan fingerprint density at radius 3 is 2.88 bits per heavy atom. The van der Waals surface area contributed by atoms with E-state index in [0.717, 1.165) is 10.3 Å². The minimum absolute atomic E-state index is 0.247. The Hall–Kier alpha value is -0.590. The molecule has 90 valence electrons. The van der Waals surface area contributed by atoms with E-state index in [9.17, 15) is 0 Å². The number of hydrogen-bond donors (Lipinski definition) is 2. The molecule has 1 rings (SSSR count). The van der Waals surface area contributed by atoms with E-state index in [1.807, 2.05) is 13.1 Å².